The number of carbonyl (C=O) groups excluding carboxylic acids is 2. The average Bonchev–Trinajstić information content (AvgIpc) is 3.07. The minimum Gasteiger partial charge on any atom is -0.444 e. The lowest BCUT2D eigenvalue weighted by Crippen LogP contribution is -2.37. The van der Waals surface area contributed by atoms with Crippen molar-refractivity contribution >= 4 is 27.9 Å². The number of nitrogens with one attached hydrogen (secondary N) is 1. The van der Waals surface area contributed by atoms with Crippen molar-refractivity contribution in [1.82, 2.24) is 25.2 Å². The summed E-state index contributed by atoms with van der Waals surface area (Å²) < 4.78 is 8.15. The number of hydrogen-bond donors (Lipinski definition) is 1. The Kier molecular flexibility index (Phi) is 6.45. The molecule has 1 aromatic heterocycles. The van der Waals surface area contributed by atoms with Crippen LogP contribution in [0.1, 0.15) is 75.6 Å². The molecule has 2 aromatic rings. The van der Waals surface area contributed by atoms with E-state index in [4.69, 9.17) is 4.74 Å². The van der Waals surface area contributed by atoms with Crippen molar-refractivity contribution in [3.8, 4) is 0 Å². The van der Waals surface area contributed by atoms with Gasteiger partial charge in [-0.15, -0.1) is 5.10 Å². The summed E-state index contributed by atoms with van der Waals surface area (Å²) in [4.78, 5) is 27.3. The van der Waals surface area contributed by atoms with Gasteiger partial charge >= 0.3 is 6.09 Å². The van der Waals surface area contributed by atoms with Gasteiger partial charge in [0.15, 0.2) is 5.69 Å². The van der Waals surface area contributed by atoms with Gasteiger partial charge in [-0.1, -0.05) is 27.2 Å². The maximum Gasteiger partial charge on any atom is 0.410 e. The highest BCUT2D eigenvalue weighted by Crippen LogP contribution is 2.30. The molecule has 9 heteroatoms. The van der Waals surface area contributed by atoms with E-state index in [1.165, 1.54) is 0 Å². The summed E-state index contributed by atoms with van der Waals surface area (Å²) in [5.74, 6) is -0.292. The molecule has 0 fully saturated rings. The minimum absolute atomic E-state index is 0.261. The lowest BCUT2D eigenvalue weighted by molar-refractivity contribution is 0.0234. The molecule has 0 saturated carbocycles. The molecule has 0 unspecified atom stereocenters. The number of amides is 2. The zero-order chi connectivity index (χ0) is 23.0. The summed E-state index contributed by atoms with van der Waals surface area (Å²) in [7, 11) is 0. The van der Waals surface area contributed by atoms with Gasteiger partial charge in [-0.05, 0) is 71.2 Å². The standard InChI is InChI=1S/C22H30BrN5O3/c1-21(2,3)28-13-18(25-26-28)19(29)24-17-9-10-27(20(30)31-22(4,5)6)12-14-11-15(23)7-8-16(14)17/h7-8,11,13,17H,9-10,12H2,1-6H3,(H,24,29)/t17-/m1/s1. The van der Waals surface area contributed by atoms with Crippen LogP contribution < -0.4 is 5.32 Å². The van der Waals surface area contributed by atoms with Crippen LogP contribution in [0.4, 0.5) is 4.79 Å². The molecule has 2 heterocycles. The maximum absolute atomic E-state index is 12.9. The Bertz CT molecular complexity index is 974. The van der Waals surface area contributed by atoms with Crippen molar-refractivity contribution in [3.05, 3.63) is 45.7 Å². The van der Waals surface area contributed by atoms with Crippen LogP contribution >= 0.6 is 15.9 Å². The van der Waals surface area contributed by atoms with Crippen LogP contribution in [0.5, 0.6) is 0 Å². The monoisotopic (exact) mass is 491 g/mol. The third-order valence-electron chi connectivity index (χ3n) is 4.90. The molecular formula is C22H30BrN5O3. The Balaban J connectivity index is 1.82. The Morgan fingerprint density at radius 1 is 1.19 bits per heavy atom. The summed E-state index contributed by atoms with van der Waals surface area (Å²) in [5, 5.41) is 11.2. The first-order chi connectivity index (χ1) is 14.3. The van der Waals surface area contributed by atoms with Crippen molar-refractivity contribution in [2.24, 2.45) is 0 Å². The quantitative estimate of drug-likeness (QED) is 0.671. The van der Waals surface area contributed by atoms with Gasteiger partial charge in [-0.2, -0.15) is 0 Å². The molecule has 0 bridgehead atoms. The largest absolute Gasteiger partial charge is 0.444 e. The Hall–Kier alpha value is -2.42. The van der Waals surface area contributed by atoms with Crippen LogP contribution in [-0.2, 0) is 16.8 Å². The number of benzene rings is 1. The molecule has 1 N–H and O–H groups in total. The second-order valence-electron chi connectivity index (χ2n) is 9.78. The molecule has 0 aliphatic carbocycles. The van der Waals surface area contributed by atoms with Crippen molar-refractivity contribution < 1.29 is 14.3 Å². The van der Waals surface area contributed by atoms with Crippen LogP contribution in [0.3, 0.4) is 0 Å². The summed E-state index contributed by atoms with van der Waals surface area (Å²) in [6.45, 7) is 12.4. The smallest absolute Gasteiger partial charge is 0.410 e. The van der Waals surface area contributed by atoms with Crippen molar-refractivity contribution in [3.63, 3.8) is 0 Å². The topological polar surface area (TPSA) is 89.4 Å². The van der Waals surface area contributed by atoms with Gasteiger partial charge < -0.3 is 15.0 Å². The van der Waals surface area contributed by atoms with E-state index in [1.807, 2.05) is 59.7 Å². The number of carbonyl (C=O) groups is 2. The Morgan fingerprint density at radius 3 is 2.52 bits per heavy atom. The highest BCUT2D eigenvalue weighted by Gasteiger charge is 2.30. The van der Waals surface area contributed by atoms with E-state index in [0.29, 0.717) is 19.5 Å². The third kappa shape index (κ3) is 5.84. The van der Waals surface area contributed by atoms with Crippen LogP contribution in [0, 0.1) is 0 Å². The molecule has 1 aliphatic heterocycles. The molecule has 3 rings (SSSR count). The fourth-order valence-electron chi connectivity index (χ4n) is 3.34. The number of ether oxygens (including phenoxy) is 1. The first-order valence-electron chi connectivity index (χ1n) is 10.3. The summed E-state index contributed by atoms with van der Waals surface area (Å²) in [5.41, 5.74) is 1.37. The van der Waals surface area contributed by atoms with Crippen LogP contribution in [0.2, 0.25) is 0 Å². The van der Waals surface area contributed by atoms with E-state index in [9.17, 15) is 9.59 Å². The van der Waals surface area contributed by atoms with Gasteiger partial charge in [0, 0.05) is 17.6 Å². The molecule has 0 saturated heterocycles. The lowest BCUT2D eigenvalue weighted by Gasteiger charge is -2.26. The third-order valence-corrected chi connectivity index (χ3v) is 5.39. The van der Waals surface area contributed by atoms with Gasteiger partial charge in [-0.25, -0.2) is 9.48 Å². The van der Waals surface area contributed by atoms with E-state index >= 15 is 0 Å². The Labute approximate surface area is 191 Å². The number of rotatable bonds is 2. The first kappa shape index (κ1) is 23.2. The summed E-state index contributed by atoms with van der Waals surface area (Å²) in [6.07, 6.45) is 1.85. The molecule has 31 heavy (non-hydrogen) atoms. The Morgan fingerprint density at radius 2 is 1.90 bits per heavy atom. The molecule has 1 aliphatic rings. The number of hydrogen-bond acceptors (Lipinski definition) is 5. The second kappa shape index (κ2) is 8.61. The van der Waals surface area contributed by atoms with E-state index < -0.39 is 5.60 Å². The molecule has 168 valence electrons. The molecule has 2 amide bonds. The average molecular weight is 492 g/mol. The van der Waals surface area contributed by atoms with Gasteiger partial charge in [0.1, 0.15) is 5.60 Å². The summed E-state index contributed by atoms with van der Waals surface area (Å²) >= 11 is 3.51. The summed E-state index contributed by atoms with van der Waals surface area (Å²) in [6, 6.07) is 5.64. The van der Waals surface area contributed by atoms with E-state index in [1.54, 1.807) is 15.8 Å². The molecular weight excluding hydrogens is 462 g/mol. The zero-order valence-corrected chi connectivity index (χ0v) is 20.5. The molecule has 8 nitrogen and oxygen atoms in total. The van der Waals surface area contributed by atoms with Crippen molar-refractivity contribution in [2.45, 2.75) is 71.7 Å². The van der Waals surface area contributed by atoms with Crippen LogP contribution in [0.15, 0.2) is 28.9 Å². The number of nitrogens with zero attached hydrogens (tertiary/aromatic N) is 4. The van der Waals surface area contributed by atoms with Gasteiger partial charge in [0.25, 0.3) is 5.91 Å². The predicted octanol–water partition coefficient (Wildman–Crippen LogP) is 4.41. The number of aromatic nitrogens is 3. The van der Waals surface area contributed by atoms with Crippen LogP contribution in [0.25, 0.3) is 0 Å². The maximum atomic E-state index is 12.9. The molecule has 1 aromatic carbocycles. The SMILES string of the molecule is CC(C)(C)OC(=O)N1CC[C@@H](NC(=O)c2cn(C(C)(C)C)nn2)c2ccc(Br)cc2C1. The number of halogens is 1. The zero-order valence-electron chi connectivity index (χ0n) is 18.9. The molecule has 0 radical (unpaired) electrons. The highest BCUT2D eigenvalue weighted by molar-refractivity contribution is 9.10. The van der Waals surface area contributed by atoms with E-state index in [2.05, 4.69) is 31.6 Å². The first-order valence-corrected chi connectivity index (χ1v) is 11.1. The predicted molar refractivity (Wildman–Crippen MR) is 121 cm³/mol. The highest BCUT2D eigenvalue weighted by atomic mass is 79.9. The second-order valence-corrected chi connectivity index (χ2v) is 10.7. The normalized spacial score (nSPS) is 17.0. The molecule has 0 spiro atoms. The lowest BCUT2D eigenvalue weighted by atomic mass is 9.99. The van der Waals surface area contributed by atoms with Crippen molar-refractivity contribution in [2.75, 3.05) is 6.54 Å². The number of fused-ring (bicyclic) bond motifs is 1. The van der Waals surface area contributed by atoms with Gasteiger partial charge in [-0.3, -0.25) is 4.79 Å². The van der Waals surface area contributed by atoms with Crippen molar-refractivity contribution in [1.29, 1.82) is 0 Å². The minimum atomic E-state index is -0.573. The van der Waals surface area contributed by atoms with Crippen LogP contribution in [-0.4, -0.2) is 44.0 Å². The fourth-order valence-corrected chi connectivity index (χ4v) is 3.74. The van der Waals surface area contributed by atoms with E-state index in [0.717, 1.165) is 15.6 Å². The van der Waals surface area contributed by atoms with Gasteiger partial charge in [0.2, 0.25) is 0 Å². The van der Waals surface area contributed by atoms with Gasteiger partial charge in [0.05, 0.1) is 17.8 Å². The fraction of sp³-hybridized carbons (Fsp3) is 0.545. The molecule has 1 atom stereocenters. The van der Waals surface area contributed by atoms with E-state index in [-0.39, 0.29) is 29.3 Å².